The maximum atomic E-state index is 13.1. The van der Waals surface area contributed by atoms with Crippen LogP contribution < -0.4 is 10.6 Å². The number of aliphatic hydroxyl groups is 1. The standard InChI is InChI=1S/C35H45N3O2/c1-27(35(40,30-15-7-3-8-16-30)31-17-9-4-10-18-31)36-34(39)37-32-22-20-28(21-23-32)24-26-38-25-12-11-19-33(38)29-13-5-2-6-14-29/h2-10,13-18,27-28,32-33,40H,11-12,19-26H2,1H3,(H2,36,37,39)/t27-,28-,32-,33?/m1/s1. The zero-order chi connectivity index (χ0) is 27.8. The number of nitrogens with zero attached hydrogens (tertiary/aromatic N) is 1. The summed E-state index contributed by atoms with van der Waals surface area (Å²) in [6.45, 7) is 4.24. The van der Waals surface area contributed by atoms with E-state index in [0.29, 0.717) is 6.04 Å². The first-order valence-electron chi connectivity index (χ1n) is 15.2. The van der Waals surface area contributed by atoms with Crippen LogP contribution in [0.3, 0.4) is 0 Å². The van der Waals surface area contributed by atoms with Gasteiger partial charge in [0.2, 0.25) is 0 Å². The van der Waals surface area contributed by atoms with E-state index in [1.54, 1.807) is 0 Å². The molecule has 5 rings (SSSR count). The molecular weight excluding hydrogens is 494 g/mol. The number of urea groups is 1. The van der Waals surface area contributed by atoms with Gasteiger partial charge in [-0.15, -0.1) is 0 Å². The van der Waals surface area contributed by atoms with Gasteiger partial charge in [-0.3, -0.25) is 4.90 Å². The fourth-order valence-electron chi connectivity index (χ4n) is 6.83. The summed E-state index contributed by atoms with van der Waals surface area (Å²) in [4.78, 5) is 15.8. The Balaban J connectivity index is 1.11. The molecule has 1 saturated heterocycles. The van der Waals surface area contributed by atoms with Crippen LogP contribution in [0.4, 0.5) is 4.79 Å². The third-order valence-corrected chi connectivity index (χ3v) is 9.21. The Morgan fingerprint density at radius 1 is 0.850 bits per heavy atom. The van der Waals surface area contributed by atoms with Crippen molar-refractivity contribution in [2.45, 2.75) is 82.0 Å². The van der Waals surface area contributed by atoms with E-state index >= 15 is 0 Å². The van der Waals surface area contributed by atoms with E-state index in [1.807, 2.05) is 67.6 Å². The molecule has 1 saturated carbocycles. The predicted molar refractivity (Wildman–Crippen MR) is 162 cm³/mol. The first-order chi connectivity index (χ1) is 19.5. The van der Waals surface area contributed by atoms with Crippen LogP contribution in [-0.4, -0.2) is 41.2 Å². The predicted octanol–water partition coefficient (Wildman–Crippen LogP) is 6.79. The molecule has 0 radical (unpaired) electrons. The molecule has 2 fully saturated rings. The maximum absolute atomic E-state index is 13.1. The summed E-state index contributed by atoms with van der Waals surface area (Å²) in [6, 6.07) is 30.2. The molecule has 212 valence electrons. The highest BCUT2D eigenvalue weighted by molar-refractivity contribution is 5.75. The van der Waals surface area contributed by atoms with Gasteiger partial charge >= 0.3 is 6.03 Å². The molecule has 2 atom stereocenters. The smallest absolute Gasteiger partial charge is 0.315 e. The molecule has 3 aromatic carbocycles. The van der Waals surface area contributed by atoms with Gasteiger partial charge in [0.25, 0.3) is 0 Å². The lowest BCUT2D eigenvalue weighted by Gasteiger charge is -2.38. The number of piperidine rings is 1. The lowest BCUT2D eigenvalue weighted by Crippen LogP contribution is -2.54. The Labute approximate surface area is 240 Å². The number of nitrogens with one attached hydrogen (secondary N) is 2. The van der Waals surface area contributed by atoms with Gasteiger partial charge in [0.05, 0.1) is 6.04 Å². The summed E-state index contributed by atoms with van der Waals surface area (Å²) >= 11 is 0. The van der Waals surface area contributed by atoms with Crippen molar-refractivity contribution < 1.29 is 9.90 Å². The first kappa shape index (κ1) is 28.4. The van der Waals surface area contributed by atoms with Gasteiger partial charge in [-0.25, -0.2) is 4.79 Å². The zero-order valence-electron chi connectivity index (χ0n) is 23.8. The van der Waals surface area contributed by atoms with Gasteiger partial charge in [0, 0.05) is 12.1 Å². The number of benzene rings is 3. The van der Waals surface area contributed by atoms with E-state index < -0.39 is 11.6 Å². The fraction of sp³-hybridized carbons (Fsp3) is 0.457. The summed E-state index contributed by atoms with van der Waals surface area (Å²) in [7, 11) is 0. The minimum atomic E-state index is -1.33. The minimum Gasteiger partial charge on any atom is -0.378 e. The lowest BCUT2D eigenvalue weighted by atomic mass is 9.81. The molecule has 5 nitrogen and oxygen atoms in total. The topological polar surface area (TPSA) is 64.6 Å². The number of hydrogen-bond donors (Lipinski definition) is 3. The fourth-order valence-corrected chi connectivity index (χ4v) is 6.83. The summed E-state index contributed by atoms with van der Waals surface area (Å²) < 4.78 is 0. The van der Waals surface area contributed by atoms with Crippen LogP contribution in [0.15, 0.2) is 91.0 Å². The van der Waals surface area contributed by atoms with E-state index in [9.17, 15) is 9.90 Å². The van der Waals surface area contributed by atoms with E-state index in [1.165, 1.54) is 37.8 Å². The SMILES string of the molecule is C[C@@H](NC(=O)N[C@H]1CC[C@H](CCN2CCCCC2c2ccccc2)CC1)C(O)(c1ccccc1)c1ccccc1. The van der Waals surface area contributed by atoms with Crippen LogP contribution >= 0.6 is 0 Å². The van der Waals surface area contributed by atoms with Gasteiger partial charge in [-0.2, -0.15) is 0 Å². The number of hydrogen-bond acceptors (Lipinski definition) is 3. The Morgan fingerprint density at radius 3 is 2.02 bits per heavy atom. The van der Waals surface area contributed by atoms with Crippen molar-refractivity contribution >= 4 is 6.03 Å². The average molecular weight is 540 g/mol. The second-order valence-electron chi connectivity index (χ2n) is 11.8. The summed E-state index contributed by atoms with van der Waals surface area (Å²) in [5.41, 5.74) is 1.65. The molecule has 40 heavy (non-hydrogen) atoms. The molecule has 0 aromatic heterocycles. The quantitative estimate of drug-likeness (QED) is 0.281. The molecule has 2 amide bonds. The van der Waals surface area contributed by atoms with E-state index in [-0.39, 0.29) is 12.1 Å². The Bertz CT molecular complexity index is 1140. The van der Waals surface area contributed by atoms with Crippen molar-refractivity contribution in [3.8, 4) is 0 Å². The second kappa shape index (κ2) is 13.5. The molecular formula is C35H45N3O2. The summed E-state index contributed by atoms with van der Waals surface area (Å²) in [5, 5.41) is 18.2. The number of carbonyl (C=O) groups is 1. The van der Waals surface area contributed by atoms with Gasteiger partial charge in [-0.05, 0) is 87.6 Å². The molecule has 0 bridgehead atoms. The Morgan fingerprint density at radius 2 is 1.43 bits per heavy atom. The molecule has 3 aromatic rings. The van der Waals surface area contributed by atoms with Crippen LogP contribution in [0.25, 0.3) is 0 Å². The van der Waals surface area contributed by atoms with Crippen molar-refractivity contribution in [2.24, 2.45) is 5.92 Å². The molecule has 3 N–H and O–H groups in total. The van der Waals surface area contributed by atoms with Crippen LogP contribution in [0.5, 0.6) is 0 Å². The van der Waals surface area contributed by atoms with Gasteiger partial charge in [-0.1, -0.05) is 97.4 Å². The summed E-state index contributed by atoms with van der Waals surface area (Å²) in [5.74, 6) is 0.722. The molecule has 0 spiro atoms. The molecule has 5 heteroatoms. The monoisotopic (exact) mass is 539 g/mol. The number of likely N-dealkylation sites (tertiary alicyclic amines) is 1. The zero-order valence-corrected chi connectivity index (χ0v) is 23.8. The van der Waals surface area contributed by atoms with Crippen molar-refractivity contribution in [3.05, 3.63) is 108 Å². The highest BCUT2D eigenvalue weighted by Crippen LogP contribution is 2.34. The van der Waals surface area contributed by atoms with E-state index in [2.05, 4.69) is 45.9 Å². The molecule has 1 aliphatic carbocycles. The van der Waals surface area contributed by atoms with Crippen LogP contribution in [0.1, 0.15) is 81.0 Å². The third kappa shape index (κ3) is 6.76. The van der Waals surface area contributed by atoms with Crippen molar-refractivity contribution in [1.29, 1.82) is 0 Å². The van der Waals surface area contributed by atoms with Crippen LogP contribution in [-0.2, 0) is 5.60 Å². The number of rotatable bonds is 9. The van der Waals surface area contributed by atoms with Crippen LogP contribution in [0.2, 0.25) is 0 Å². The van der Waals surface area contributed by atoms with Crippen molar-refractivity contribution in [1.82, 2.24) is 15.5 Å². The van der Waals surface area contributed by atoms with Crippen molar-refractivity contribution in [2.75, 3.05) is 13.1 Å². The average Bonchev–Trinajstić information content (AvgIpc) is 3.01. The summed E-state index contributed by atoms with van der Waals surface area (Å²) in [6.07, 6.45) is 9.45. The second-order valence-corrected chi connectivity index (χ2v) is 11.8. The highest BCUT2D eigenvalue weighted by Gasteiger charge is 2.39. The lowest BCUT2D eigenvalue weighted by molar-refractivity contribution is 0.0470. The molecule has 1 unspecified atom stereocenters. The Hall–Kier alpha value is -3.15. The Kier molecular flexibility index (Phi) is 9.56. The highest BCUT2D eigenvalue weighted by atomic mass is 16.3. The van der Waals surface area contributed by atoms with Gasteiger partial charge < -0.3 is 15.7 Å². The van der Waals surface area contributed by atoms with Gasteiger partial charge in [0.15, 0.2) is 0 Å². The molecule has 2 aliphatic rings. The van der Waals surface area contributed by atoms with Crippen LogP contribution in [0, 0.1) is 5.92 Å². The van der Waals surface area contributed by atoms with E-state index in [0.717, 1.165) is 49.3 Å². The largest absolute Gasteiger partial charge is 0.378 e. The first-order valence-corrected chi connectivity index (χ1v) is 15.2. The normalized spacial score (nSPS) is 22.8. The molecule has 1 heterocycles. The maximum Gasteiger partial charge on any atom is 0.315 e. The molecule has 1 aliphatic heterocycles. The van der Waals surface area contributed by atoms with Gasteiger partial charge in [0.1, 0.15) is 5.60 Å². The van der Waals surface area contributed by atoms with E-state index in [4.69, 9.17) is 0 Å². The third-order valence-electron chi connectivity index (χ3n) is 9.21. The minimum absolute atomic E-state index is 0.178. The number of carbonyl (C=O) groups excluding carboxylic acids is 1. The van der Waals surface area contributed by atoms with Crippen molar-refractivity contribution in [3.63, 3.8) is 0 Å². The number of amides is 2.